The number of carboxylic acids is 1. The summed E-state index contributed by atoms with van der Waals surface area (Å²) in [6.07, 6.45) is 1.79. The summed E-state index contributed by atoms with van der Waals surface area (Å²) in [4.78, 5) is 24.7. The maximum Gasteiger partial charge on any atom is 0.335 e. The van der Waals surface area contributed by atoms with Crippen molar-refractivity contribution < 1.29 is 14.7 Å². The molecule has 1 amide bonds. The van der Waals surface area contributed by atoms with E-state index >= 15 is 0 Å². The van der Waals surface area contributed by atoms with E-state index in [9.17, 15) is 9.59 Å². The third kappa shape index (κ3) is 3.52. The number of benzene rings is 1. The average molecular weight is 301 g/mol. The third-order valence-corrected chi connectivity index (χ3v) is 3.32. The third-order valence-electron chi connectivity index (χ3n) is 3.32. The van der Waals surface area contributed by atoms with Gasteiger partial charge in [-0.1, -0.05) is 12.1 Å². The second-order valence-electron chi connectivity index (χ2n) is 5.44. The summed E-state index contributed by atoms with van der Waals surface area (Å²) in [5.74, 6) is -1.13. The summed E-state index contributed by atoms with van der Waals surface area (Å²) in [5.41, 5.74) is 1.50. The van der Waals surface area contributed by atoms with Crippen LogP contribution in [-0.2, 0) is 6.54 Å². The Morgan fingerprint density at radius 2 is 1.86 bits per heavy atom. The Kier molecular flexibility index (Phi) is 4.60. The summed E-state index contributed by atoms with van der Waals surface area (Å²) in [7, 11) is 1.70. The van der Waals surface area contributed by atoms with Gasteiger partial charge in [-0.05, 0) is 37.6 Å². The van der Waals surface area contributed by atoms with Crippen LogP contribution in [0.2, 0.25) is 0 Å². The van der Waals surface area contributed by atoms with Crippen LogP contribution in [0.15, 0.2) is 36.5 Å². The molecule has 22 heavy (non-hydrogen) atoms. The molecule has 6 heteroatoms. The lowest BCUT2D eigenvalue weighted by atomic mass is 10.1. The van der Waals surface area contributed by atoms with E-state index < -0.39 is 5.97 Å². The lowest BCUT2D eigenvalue weighted by Crippen LogP contribution is -2.26. The first-order valence-electron chi connectivity index (χ1n) is 7.01. The molecule has 0 aliphatic rings. The molecule has 2 aromatic rings. The molecule has 1 N–H and O–H groups in total. The second kappa shape index (κ2) is 6.43. The van der Waals surface area contributed by atoms with Gasteiger partial charge in [-0.2, -0.15) is 5.10 Å². The predicted octanol–water partition coefficient (Wildman–Crippen LogP) is 2.43. The number of rotatable bonds is 5. The van der Waals surface area contributed by atoms with Crippen LogP contribution in [0.4, 0.5) is 0 Å². The Labute approximate surface area is 129 Å². The van der Waals surface area contributed by atoms with E-state index in [1.807, 2.05) is 13.8 Å². The van der Waals surface area contributed by atoms with Gasteiger partial charge in [-0.25, -0.2) is 4.79 Å². The topological polar surface area (TPSA) is 75.4 Å². The van der Waals surface area contributed by atoms with Gasteiger partial charge >= 0.3 is 5.97 Å². The van der Waals surface area contributed by atoms with E-state index in [1.165, 1.54) is 12.1 Å². The highest BCUT2D eigenvalue weighted by molar-refractivity contribution is 5.92. The molecule has 0 saturated heterocycles. The molecule has 0 saturated carbocycles. The van der Waals surface area contributed by atoms with Crippen LogP contribution in [-0.4, -0.2) is 38.7 Å². The van der Waals surface area contributed by atoms with Crippen LogP contribution in [0.1, 0.15) is 46.3 Å². The average Bonchev–Trinajstić information content (AvgIpc) is 2.97. The normalized spacial score (nSPS) is 10.7. The zero-order valence-corrected chi connectivity index (χ0v) is 12.9. The van der Waals surface area contributed by atoms with E-state index in [1.54, 1.807) is 41.0 Å². The van der Waals surface area contributed by atoms with E-state index in [0.717, 1.165) is 5.56 Å². The lowest BCUT2D eigenvalue weighted by molar-refractivity contribution is 0.0695. The first-order chi connectivity index (χ1) is 10.4. The number of aromatic carboxylic acids is 1. The van der Waals surface area contributed by atoms with Crippen molar-refractivity contribution in [2.45, 2.75) is 26.4 Å². The SMILES string of the molecule is CC(C)n1ccc(C(=O)N(C)Cc2ccc(C(=O)O)cc2)n1. The molecule has 0 unspecified atom stereocenters. The molecule has 0 fully saturated rings. The van der Waals surface area contributed by atoms with Crippen LogP contribution >= 0.6 is 0 Å². The summed E-state index contributed by atoms with van der Waals surface area (Å²) in [6.45, 7) is 4.39. The van der Waals surface area contributed by atoms with Crippen molar-refractivity contribution >= 4 is 11.9 Å². The lowest BCUT2D eigenvalue weighted by Gasteiger charge is -2.16. The van der Waals surface area contributed by atoms with E-state index in [2.05, 4.69) is 5.10 Å². The van der Waals surface area contributed by atoms with E-state index in [4.69, 9.17) is 5.11 Å². The molecule has 0 aliphatic heterocycles. The second-order valence-corrected chi connectivity index (χ2v) is 5.44. The standard InChI is InChI=1S/C16H19N3O3/c1-11(2)19-9-8-14(17-19)15(20)18(3)10-12-4-6-13(7-5-12)16(21)22/h4-9,11H,10H2,1-3H3,(H,21,22). The Hall–Kier alpha value is -2.63. The van der Waals surface area contributed by atoms with Gasteiger partial charge in [0.25, 0.3) is 5.91 Å². The maximum atomic E-state index is 12.3. The van der Waals surface area contributed by atoms with Gasteiger partial charge in [0.2, 0.25) is 0 Å². The fraction of sp³-hybridized carbons (Fsp3) is 0.312. The number of hydrogen-bond donors (Lipinski definition) is 1. The van der Waals surface area contributed by atoms with Crippen molar-refractivity contribution in [2.24, 2.45) is 0 Å². The van der Waals surface area contributed by atoms with E-state index in [-0.39, 0.29) is 17.5 Å². The van der Waals surface area contributed by atoms with Crippen LogP contribution in [0.3, 0.4) is 0 Å². The minimum atomic E-state index is -0.963. The molecule has 0 bridgehead atoms. The van der Waals surface area contributed by atoms with Crippen LogP contribution in [0.25, 0.3) is 0 Å². The number of amides is 1. The zero-order chi connectivity index (χ0) is 16.3. The van der Waals surface area contributed by atoms with Gasteiger partial charge in [0.1, 0.15) is 5.69 Å². The Balaban J connectivity index is 2.05. The van der Waals surface area contributed by atoms with Crippen molar-refractivity contribution in [3.63, 3.8) is 0 Å². The molecule has 1 aromatic carbocycles. The smallest absolute Gasteiger partial charge is 0.335 e. The van der Waals surface area contributed by atoms with Crippen LogP contribution < -0.4 is 0 Å². The van der Waals surface area contributed by atoms with Gasteiger partial charge in [0.15, 0.2) is 0 Å². The Morgan fingerprint density at radius 3 is 2.36 bits per heavy atom. The van der Waals surface area contributed by atoms with Crippen molar-refractivity contribution in [3.05, 3.63) is 53.3 Å². The van der Waals surface area contributed by atoms with Crippen molar-refractivity contribution in [2.75, 3.05) is 7.05 Å². The molecule has 0 atom stereocenters. The summed E-state index contributed by atoms with van der Waals surface area (Å²) < 4.78 is 1.74. The minimum absolute atomic E-state index is 0.165. The quantitative estimate of drug-likeness (QED) is 0.920. The largest absolute Gasteiger partial charge is 0.478 e. The number of hydrogen-bond acceptors (Lipinski definition) is 3. The van der Waals surface area contributed by atoms with Crippen LogP contribution in [0, 0.1) is 0 Å². The maximum absolute atomic E-state index is 12.3. The highest BCUT2D eigenvalue weighted by Crippen LogP contribution is 2.10. The molecule has 0 aliphatic carbocycles. The van der Waals surface area contributed by atoms with E-state index in [0.29, 0.717) is 12.2 Å². The number of nitrogens with zero attached hydrogens (tertiary/aromatic N) is 3. The van der Waals surface area contributed by atoms with Crippen molar-refractivity contribution in [3.8, 4) is 0 Å². The molecule has 0 radical (unpaired) electrons. The molecule has 116 valence electrons. The molecule has 1 aromatic heterocycles. The number of carbonyl (C=O) groups excluding carboxylic acids is 1. The molecule has 0 spiro atoms. The Morgan fingerprint density at radius 1 is 1.23 bits per heavy atom. The van der Waals surface area contributed by atoms with Gasteiger partial charge < -0.3 is 10.0 Å². The number of carboxylic acid groups (broad SMARTS) is 1. The predicted molar refractivity (Wildman–Crippen MR) is 81.8 cm³/mol. The summed E-state index contributed by atoms with van der Waals surface area (Å²) in [5, 5.41) is 13.1. The molecular weight excluding hydrogens is 282 g/mol. The van der Waals surface area contributed by atoms with Crippen molar-refractivity contribution in [1.82, 2.24) is 14.7 Å². The van der Waals surface area contributed by atoms with Gasteiger partial charge in [0, 0.05) is 25.8 Å². The van der Waals surface area contributed by atoms with Gasteiger partial charge in [-0.15, -0.1) is 0 Å². The van der Waals surface area contributed by atoms with Crippen molar-refractivity contribution in [1.29, 1.82) is 0 Å². The number of carbonyl (C=O) groups is 2. The number of aromatic nitrogens is 2. The highest BCUT2D eigenvalue weighted by atomic mass is 16.4. The fourth-order valence-corrected chi connectivity index (χ4v) is 2.03. The summed E-state index contributed by atoms with van der Waals surface area (Å²) in [6, 6.07) is 8.38. The zero-order valence-electron chi connectivity index (χ0n) is 12.9. The molecule has 2 rings (SSSR count). The monoisotopic (exact) mass is 301 g/mol. The fourth-order valence-electron chi connectivity index (χ4n) is 2.03. The first kappa shape index (κ1) is 15.8. The first-order valence-corrected chi connectivity index (χ1v) is 7.01. The summed E-state index contributed by atoms with van der Waals surface area (Å²) >= 11 is 0. The molecular formula is C16H19N3O3. The Bertz CT molecular complexity index is 674. The van der Waals surface area contributed by atoms with Crippen LogP contribution in [0.5, 0.6) is 0 Å². The van der Waals surface area contributed by atoms with Gasteiger partial charge in [0.05, 0.1) is 5.56 Å². The highest BCUT2D eigenvalue weighted by Gasteiger charge is 2.16. The van der Waals surface area contributed by atoms with Gasteiger partial charge in [-0.3, -0.25) is 9.48 Å². The molecule has 1 heterocycles. The minimum Gasteiger partial charge on any atom is -0.478 e. The molecule has 6 nitrogen and oxygen atoms in total.